The van der Waals surface area contributed by atoms with E-state index >= 15 is 0 Å². The van der Waals surface area contributed by atoms with Crippen LogP contribution >= 0.6 is 11.6 Å². The number of hydrogen-bond donors (Lipinski definition) is 0. The van der Waals surface area contributed by atoms with Crippen LogP contribution in [0.5, 0.6) is 0 Å². The van der Waals surface area contributed by atoms with Crippen LogP contribution in [0.4, 0.5) is 0 Å². The molecule has 94 valence electrons. The van der Waals surface area contributed by atoms with Crippen LogP contribution < -0.4 is 0 Å². The summed E-state index contributed by atoms with van der Waals surface area (Å²) in [6.07, 6.45) is 3.28. The molecule has 0 radical (unpaired) electrons. The third-order valence-electron chi connectivity index (χ3n) is 2.94. The van der Waals surface area contributed by atoms with Crippen molar-refractivity contribution in [1.82, 2.24) is 14.6 Å². The Balaban J connectivity index is 2.02. The van der Waals surface area contributed by atoms with Gasteiger partial charge in [0.1, 0.15) is 5.82 Å². The van der Waals surface area contributed by atoms with Gasteiger partial charge in [0, 0.05) is 17.6 Å². The third kappa shape index (κ3) is 2.22. The predicted molar refractivity (Wildman–Crippen MR) is 72.6 cm³/mol. The van der Waals surface area contributed by atoms with E-state index in [2.05, 4.69) is 10.2 Å². The lowest BCUT2D eigenvalue weighted by molar-refractivity contribution is 0.112. The number of carbonyl (C=O) groups is 1. The fraction of sp³-hybridized carbons (Fsp3) is 0.0714. The Morgan fingerprint density at radius 2 is 1.95 bits per heavy atom. The largest absolute Gasteiger partial charge is 0.298 e. The van der Waals surface area contributed by atoms with E-state index in [0.29, 0.717) is 22.7 Å². The fourth-order valence-electron chi connectivity index (χ4n) is 1.98. The summed E-state index contributed by atoms with van der Waals surface area (Å²) < 4.78 is 1.83. The van der Waals surface area contributed by atoms with E-state index in [1.807, 2.05) is 40.9 Å². The topological polar surface area (TPSA) is 47.3 Å². The van der Waals surface area contributed by atoms with E-state index in [4.69, 9.17) is 11.6 Å². The van der Waals surface area contributed by atoms with Crippen molar-refractivity contribution in [3.05, 3.63) is 64.6 Å². The van der Waals surface area contributed by atoms with Crippen molar-refractivity contribution in [3.8, 4) is 0 Å². The summed E-state index contributed by atoms with van der Waals surface area (Å²) in [4.78, 5) is 10.9. The smallest absolute Gasteiger partial charge is 0.171 e. The van der Waals surface area contributed by atoms with Gasteiger partial charge < -0.3 is 0 Å². The minimum absolute atomic E-state index is 0.539. The minimum atomic E-state index is 0.539. The van der Waals surface area contributed by atoms with Crippen LogP contribution in [0.2, 0.25) is 5.02 Å². The number of halogens is 1. The first kappa shape index (κ1) is 11.9. The molecular weight excluding hydrogens is 262 g/mol. The van der Waals surface area contributed by atoms with Crippen molar-refractivity contribution in [2.45, 2.75) is 6.42 Å². The number of hydrogen-bond acceptors (Lipinski definition) is 3. The van der Waals surface area contributed by atoms with Gasteiger partial charge in [-0.1, -0.05) is 23.7 Å². The third-order valence-corrected chi connectivity index (χ3v) is 3.19. The van der Waals surface area contributed by atoms with Gasteiger partial charge in [0.05, 0.1) is 5.56 Å². The number of pyridine rings is 1. The second-order valence-corrected chi connectivity index (χ2v) is 4.63. The Labute approximate surface area is 114 Å². The van der Waals surface area contributed by atoms with Gasteiger partial charge in [-0.2, -0.15) is 0 Å². The molecule has 3 rings (SSSR count). The summed E-state index contributed by atoms with van der Waals surface area (Å²) in [5, 5.41) is 8.91. The average Bonchev–Trinajstić information content (AvgIpc) is 2.84. The number of benzene rings is 1. The van der Waals surface area contributed by atoms with Crippen molar-refractivity contribution in [2.24, 2.45) is 0 Å². The van der Waals surface area contributed by atoms with Gasteiger partial charge in [0.25, 0.3) is 0 Å². The van der Waals surface area contributed by atoms with Gasteiger partial charge in [0.15, 0.2) is 11.9 Å². The maximum atomic E-state index is 10.9. The summed E-state index contributed by atoms with van der Waals surface area (Å²) in [7, 11) is 0. The molecule has 5 heteroatoms. The SMILES string of the molecule is O=Cc1cccn2c(Cc3ccc(Cl)cc3)nnc12. The van der Waals surface area contributed by atoms with Crippen LogP contribution in [0, 0.1) is 0 Å². The van der Waals surface area contributed by atoms with Gasteiger partial charge in [-0.3, -0.25) is 9.20 Å². The molecule has 0 atom stereocenters. The molecule has 0 spiro atoms. The molecule has 0 aliphatic carbocycles. The zero-order valence-electron chi connectivity index (χ0n) is 9.95. The van der Waals surface area contributed by atoms with Gasteiger partial charge in [-0.25, -0.2) is 0 Å². The predicted octanol–water partition coefficient (Wildman–Crippen LogP) is 2.79. The number of aldehydes is 1. The number of nitrogens with zero attached hydrogens (tertiary/aromatic N) is 3. The van der Waals surface area contributed by atoms with Gasteiger partial charge in [-0.15, -0.1) is 10.2 Å². The number of rotatable bonds is 3. The summed E-state index contributed by atoms with van der Waals surface area (Å²) in [6, 6.07) is 11.1. The van der Waals surface area contributed by atoms with Gasteiger partial charge >= 0.3 is 0 Å². The monoisotopic (exact) mass is 271 g/mol. The zero-order chi connectivity index (χ0) is 13.2. The van der Waals surface area contributed by atoms with Crippen molar-refractivity contribution in [3.63, 3.8) is 0 Å². The molecule has 0 aliphatic heterocycles. The average molecular weight is 272 g/mol. The van der Waals surface area contributed by atoms with E-state index < -0.39 is 0 Å². The highest BCUT2D eigenvalue weighted by atomic mass is 35.5. The van der Waals surface area contributed by atoms with E-state index in [-0.39, 0.29) is 0 Å². The minimum Gasteiger partial charge on any atom is -0.298 e. The summed E-state index contributed by atoms with van der Waals surface area (Å²) in [6.45, 7) is 0. The molecule has 0 fully saturated rings. The Kier molecular flexibility index (Phi) is 3.01. The first-order valence-electron chi connectivity index (χ1n) is 5.80. The molecule has 0 bridgehead atoms. The molecule has 4 nitrogen and oxygen atoms in total. The maximum Gasteiger partial charge on any atom is 0.171 e. The van der Waals surface area contributed by atoms with Crippen molar-refractivity contribution < 1.29 is 4.79 Å². The molecular formula is C14H10ClN3O. The molecule has 19 heavy (non-hydrogen) atoms. The number of carbonyl (C=O) groups excluding carboxylic acids is 1. The van der Waals surface area contributed by atoms with Crippen LogP contribution in [-0.4, -0.2) is 20.9 Å². The van der Waals surface area contributed by atoms with Crippen molar-refractivity contribution in [1.29, 1.82) is 0 Å². The normalized spacial score (nSPS) is 10.8. The summed E-state index contributed by atoms with van der Waals surface area (Å²) >= 11 is 5.86. The molecule has 3 aromatic rings. The molecule has 0 N–H and O–H groups in total. The van der Waals surface area contributed by atoms with E-state index in [9.17, 15) is 4.79 Å². The summed E-state index contributed by atoms with van der Waals surface area (Å²) in [5.74, 6) is 0.793. The Morgan fingerprint density at radius 1 is 1.16 bits per heavy atom. The zero-order valence-corrected chi connectivity index (χ0v) is 10.7. The molecule has 2 heterocycles. The van der Waals surface area contributed by atoms with Crippen LogP contribution in [0.25, 0.3) is 5.65 Å². The Morgan fingerprint density at radius 3 is 2.68 bits per heavy atom. The lowest BCUT2D eigenvalue weighted by Gasteiger charge is -2.01. The Bertz CT molecular complexity index is 734. The van der Waals surface area contributed by atoms with Gasteiger partial charge in [0.2, 0.25) is 0 Å². The lowest BCUT2D eigenvalue weighted by Crippen LogP contribution is -1.97. The molecule has 0 saturated carbocycles. The van der Waals surface area contributed by atoms with E-state index in [1.165, 1.54) is 0 Å². The van der Waals surface area contributed by atoms with Crippen molar-refractivity contribution in [2.75, 3.05) is 0 Å². The molecule has 0 amide bonds. The van der Waals surface area contributed by atoms with E-state index in [1.54, 1.807) is 6.07 Å². The lowest BCUT2D eigenvalue weighted by atomic mass is 10.1. The highest BCUT2D eigenvalue weighted by molar-refractivity contribution is 6.30. The summed E-state index contributed by atoms with van der Waals surface area (Å²) in [5.41, 5.74) is 2.22. The standard InChI is InChI=1S/C14H10ClN3O/c15-12-5-3-10(4-6-12)8-13-16-17-14-11(9-19)2-1-7-18(13)14/h1-7,9H,8H2. The first-order chi connectivity index (χ1) is 9.28. The molecule has 1 aromatic carbocycles. The first-order valence-corrected chi connectivity index (χ1v) is 6.18. The van der Waals surface area contributed by atoms with Crippen LogP contribution in [0.15, 0.2) is 42.6 Å². The highest BCUT2D eigenvalue weighted by Crippen LogP contribution is 2.14. The van der Waals surface area contributed by atoms with E-state index in [0.717, 1.165) is 17.7 Å². The van der Waals surface area contributed by atoms with Crippen LogP contribution in [0.1, 0.15) is 21.7 Å². The highest BCUT2D eigenvalue weighted by Gasteiger charge is 2.09. The molecule has 0 unspecified atom stereocenters. The molecule has 0 aliphatic rings. The van der Waals surface area contributed by atoms with Crippen molar-refractivity contribution >= 4 is 23.5 Å². The fourth-order valence-corrected chi connectivity index (χ4v) is 2.11. The second-order valence-electron chi connectivity index (χ2n) is 4.19. The number of aromatic nitrogens is 3. The quantitative estimate of drug-likeness (QED) is 0.688. The van der Waals surface area contributed by atoms with Crippen LogP contribution in [-0.2, 0) is 6.42 Å². The molecule has 0 saturated heterocycles. The Hall–Kier alpha value is -2.20. The maximum absolute atomic E-state index is 10.9. The molecule has 2 aromatic heterocycles. The number of fused-ring (bicyclic) bond motifs is 1. The van der Waals surface area contributed by atoms with Crippen LogP contribution in [0.3, 0.4) is 0 Å². The second kappa shape index (κ2) is 4.82. The van der Waals surface area contributed by atoms with Gasteiger partial charge in [-0.05, 0) is 29.8 Å².